The van der Waals surface area contributed by atoms with E-state index in [4.69, 9.17) is 5.11 Å². The maximum absolute atomic E-state index is 10.5. The zero-order valence-corrected chi connectivity index (χ0v) is 5.92. The van der Waals surface area contributed by atoms with Crippen molar-refractivity contribution in [2.75, 3.05) is 0 Å². The Morgan fingerprint density at radius 3 is 2.80 bits per heavy atom. The molecular weight excluding hydrogens is 128 g/mol. The topological polar surface area (TPSA) is 37.3 Å². The van der Waals surface area contributed by atoms with Crippen molar-refractivity contribution in [2.24, 2.45) is 0 Å². The monoisotopic (exact) mass is 138 g/mol. The van der Waals surface area contributed by atoms with E-state index in [0.29, 0.717) is 5.57 Å². The van der Waals surface area contributed by atoms with Crippen LogP contribution in [0.2, 0.25) is 0 Å². The zero-order chi connectivity index (χ0) is 7.56. The second kappa shape index (κ2) is 2.69. The van der Waals surface area contributed by atoms with Gasteiger partial charge in [0.05, 0.1) is 5.57 Å². The summed E-state index contributed by atoms with van der Waals surface area (Å²) in [5.74, 6) is -0.800. The van der Waals surface area contributed by atoms with Crippen LogP contribution in [0.4, 0.5) is 0 Å². The second-order valence-corrected chi connectivity index (χ2v) is 2.24. The van der Waals surface area contributed by atoms with Gasteiger partial charge in [-0.1, -0.05) is 19.1 Å². The van der Waals surface area contributed by atoms with E-state index >= 15 is 0 Å². The highest BCUT2D eigenvalue weighted by Crippen LogP contribution is 2.21. The highest BCUT2D eigenvalue weighted by Gasteiger charge is 2.13. The van der Waals surface area contributed by atoms with Crippen molar-refractivity contribution in [1.82, 2.24) is 0 Å². The predicted molar refractivity (Wildman–Crippen MR) is 38.7 cm³/mol. The van der Waals surface area contributed by atoms with Gasteiger partial charge in [-0.3, -0.25) is 0 Å². The Kier molecular flexibility index (Phi) is 1.90. The zero-order valence-electron chi connectivity index (χ0n) is 5.92. The van der Waals surface area contributed by atoms with E-state index < -0.39 is 5.97 Å². The van der Waals surface area contributed by atoms with Crippen LogP contribution < -0.4 is 0 Å². The fourth-order valence-corrected chi connectivity index (χ4v) is 1.12. The molecule has 0 aliphatic heterocycles. The van der Waals surface area contributed by atoms with Crippen molar-refractivity contribution >= 4 is 5.97 Å². The third-order valence-corrected chi connectivity index (χ3v) is 1.64. The fraction of sp³-hybridized carbons (Fsp3) is 0.375. The summed E-state index contributed by atoms with van der Waals surface area (Å²) >= 11 is 0. The molecule has 0 saturated heterocycles. The summed E-state index contributed by atoms with van der Waals surface area (Å²) in [5.41, 5.74) is 1.45. The molecule has 2 nitrogen and oxygen atoms in total. The van der Waals surface area contributed by atoms with Crippen molar-refractivity contribution in [3.05, 3.63) is 23.3 Å². The van der Waals surface area contributed by atoms with Crippen molar-refractivity contribution in [1.29, 1.82) is 0 Å². The summed E-state index contributed by atoms with van der Waals surface area (Å²) in [6, 6.07) is 0. The van der Waals surface area contributed by atoms with Gasteiger partial charge in [-0.2, -0.15) is 0 Å². The average molecular weight is 138 g/mol. The normalized spacial score (nSPS) is 16.5. The first-order chi connectivity index (χ1) is 4.75. The molecule has 0 heterocycles. The van der Waals surface area contributed by atoms with Crippen molar-refractivity contribution < 1.29 is 9.90 Å². The summed E-state index contributed by atoms with van der Waals surface area (Å²) in [4.78, 5) is 10.5. The Morgan fingerprint density at radius 2 is 2.40 bits per heavy atom. The lowest BCUT2D eigenvalue weighted by Crippen LogP contribution is -2.00. The molecule has 2 heteroatoms. The van der Waals surface area contributed by atoms with E-state index in [1.54, 1.807) is 6.08 Å². The number of allylic oxidation sites excluding steroid dienone is 2. The summed E-state index contributed by atoms with van der Waals surface area (Å²) in [5, 5.41) is 8.61. The molecule has 0 aromatic heterocycles. The van der Waals surface area contributed by atoms with Crippen LogP contribution in [-0.4, -0.2) is 11.1 Å². The largest absolute Gasteiger partial charge is 0.478 e. The van der Waals surface area contributed by atoms with E-state index in [-0.39, 0.29) is 0 Å². The van der Waals surface area contributed by atoms with Gasteiger partial charge in [0, 0.05) is 0 Å². The van der Waals surface area contributed by atoms with Gasteiger partial charge < -0.3 is 5.11 Å². The highest BCUT2D eigenvalue weighted by molar-refractivity contribution is 5.92. The molecule has 10 heavy (non-hydrogen) atoms. The standard InChI is InChI=1S/C8H10O2/c1-2-6-4-3-5-7(6)8(9)10/h4-5H,2-3H2,1H3,(H,9,10). The molecule has 0 atom stereocenters. The smallest absolute Gasteiger partial charge is 0.335 e. The molecular formula is C8H10O2. The van der Waals surface area contributed by atoms with E-state index in [0.717, 1.165) is 18.4 Å². The lowest BCUT2D eigenvalue weighted by Gasteiger charge is -1.97. The Balaban J connectivity index is 2.79. The lowest BCUT2D eigenvalue weighted by molar-refractivity contribution is -0.132. The van der Waals surface area contributed by atoms with E-state index in [1.165, 1.54) is 0 Å². The molecule has 0 spiro atoms. The van der Waals surface area contributed by atoms with Crippen LogP contribution in [0.1, 0.15) is 19.8 Å². The number of carbonyl (C=O) groups is 1. The minimum Gasteiger partial charge on any atom is -0.478 e. The van der Waals surface area contributed by atoms with Crippen LogP contribution in [0.15, 0.2) is 23.3 Å². The van der Waals surface area contributed by atoms with Gasteiger partial charge in [0.15, 0.2) is 0 Å². The number of carboxylic acids is 1. The quantitative estimate of drug-likeness (QED) is 0.631. The predicted octanol–water partition coefficient (Wildman–Crippen LogP) is 1.74. The van der Waals surface area contributed by atoms with Gasteiger partial charge in [-0.15, -0.1) is 0 Å². The molecule has 0 aromatic rings. The van der Waals surface area contributed by atoms with Crippen molar-refractivity contribution in [2.45, 2.75) is 19.8 Å². The molecule has 54 valence electrons. The van der Waals surface area contributed by atoms with Gasteiger partial charge >= 0.3 is 5.97 Å². The molecule has 1 N–H and O–H groups in total. The number of hydrogen-bond donors (Lipinski definition) is 1. The Bertz CT molecular complexity index is 211. The minimum absolute atomic E-state index is 0.488. The summed E-state index contributed by atoms with van der Waals surface area (Å²) in [7, 11) is 0. The van der Waals surface area contributed by atoms with E-state index in [1.807, 2.05) is 13.0 Å². The van der Waals surface area contributed by atoms with Crippen molar-refractivity contribution in [3.63, 3.8) is 0 Å². The maximum atomic E-state index is 10.5. The summed E-state index contributed by atoms with van der Waals surface area (Å²) in [6.45, 7) is 1.97. The number of rotatable bonds is 2. The molecule has 0 saturated carbocycles. The summed E-state index contributed by atoms with van der Waals surface area (Å²) in [6.07, 6.45) is 5.31. The first kappa shape index (κ1) is 7.06. The molecule has 1 aliphatic rings. The third kappa shape index (κ3) is 1.10. The SMILES string of the molecule is CCC1=CCC=C1C(=O)O. The number of aliphatic carboxylic acids is 1. The Hall–Kier alpha value is -1.05. The lowest BCUT2D eigenvalue weighted by atomic mass is 10.1. The van der Waals surface area contributed by atoms with Crippen LogP contribution >= 0.6 is 0 Å². The van der Waals surface area contributed by atoms with Crippen molar-refractivity contribution in [3.8, 4) is 0 Å². The van der Waals surface area contributed by atoms with Crippen LogP contribution in [0, 0.1) is 0 Å². The molecule has 1 rings (SSSR count). The highest BCUT2D eigenvalue weighted by atomic mass is 16.4. The van der Waals surface area contributed by atoms with Gasteiger partial charge in [0.25, 0.3) is 0 Å². The molecule has 0 fully saturated rings. The van der Waals surface area contributed by atoms with Gasteiger partial charge in [0.2, 0.25) is 0 Å². The molecule has 1 aliphatic carbocycles. The first-order valence-electron chi connectivity index (χ1n) is 3.38. The van der Waals surface area contributed by atoms with Crippen LogP contribution in [-0.2, 0) is 4.79 Å². The Labute approximate surface area is 59.9 Å². The molecule has 0 bridgehead atoms. The van der Waals surface area contributed by atoms with Crippen LogP contribution in [0.25, 0.3) is 0 Å². The minimum atomic E-state index is -0.800. The first-order valence-corrected chi connectivity index (χ1v) is 3.38. The van der Waals surface area contributed by atoms with E-state index in [9.17, 15) is 4.79 Å². The molecule has 0 radical (unpaired) electrons. The second-order valence-electron chi connectivity index (χ2n) is 2.24. The molecule has 0 aromatic carbocycles. The van der Waals surface area contributed by atoms with Gasteiger partial charge in [-0.05, 0) is 18.4 Å². The maximum Gasteiger partial charge on any atom is 0.335 e. The average Bonchev–Trinajstić information content (AvgIpc) is 2.33. The Morgan fingerprint density at radius 1 is 1.70 bits per heavy atom. The third-order valence-electron chi connectivity index (χ3n) is 1.64. The summed E-state index contributed by atoms with van der Waals surface area (Å²) < 4.78 is 0. The molecule has 0 amide bonds. The van der Waals surface area contributed by atoms with Crippen LogP contribution in [0.5, 0.6) is 0 Å². The van der Waals surface area contributed by atoms with Gasteiger partial charge in [-0.25, -0.2) is 4.79 Å². The molecule has 0 unspecified atom stereocenters. The number of carboxylic acid groups (broad SMARTS) is 1. The number of hydrogen-bond acceptors (Lipinski definition) is 1. The fourth-order valence-electron chi connectivity index (χ4n) is 1.12. The van der Waals surface area contributed by atoms with Crippen LogP contribution in [0.3, 0.4) is 0 Å². The van der Waals surface area contributed by atoms with Gasteiger partial charge in [0.1, 0.15) is 0 Å². The van der Waals surface area contributed by atoms with E-state index in [2.05, 4.69) is 0 Å².